The Balaban J connectivity index is 0.00000196. The first kappa shape index (κ1) is 14.6. The smallest absolute Gasteiger partial charge is 0.289 e. The van der Waals surface area contributed by atoms with Crippen molar-refractivity contribution in [2.24, 2.45) is 5.73 Å². The van der Waals surface area contributed by atoms with Crippen molar-refractivity contribution in [3.63, 3.8) is 0 Å². The van der Waals surface area contributed by atoms with E-state index >= 15 is 0 Å². The van der Waals surface area contributed by atoms with Gasteiger partial charge in [0.2, 0.25) is 0 Å². The van der Waals surface area contributed by atoms with Gasteiger partial charge in [0.1, 0.15) is 6.10 Å². The first-order valence-corrected chi connectivity index (χ1v) is 4.36. The zero-order valence-electron chi connectivity index (χ0n) is 7.66. The summed E-state index contributed by atoms with van der Waals surface area (Å²) >= 11 is 5.57. The molecule has 0 spiro atoms. The number of benzene rings is 1. The van der Waals surface area contributed by atoms with Gasteiger partial charge in [0.05, 0.1) is 6.54 Å². The third-order valence-corrected chi connectivity index (χ3v) is 2.11. The number of aliphatic hydroxyl groups is 1. The lowest BCUT2D eigenvalue weighted by atomic mass is 10.0. The van der Waals surface area contributed by atoms with E-state index in [0.29, 0.717) is 5.02 Å². The lowest BCUT2D eigenvalue weighted by molar-refractivity contribution is -0.102. The summed E-state index contributed by atoms with van der Waals surface area (Å²) in [7, 11) is 0. The molecule has 1 rings (SSSR count). The van der Waals surface area contributed by atoms with E-state index in [2.05, 4.69) is 0 Å². The number of rotatable bonds is 3. The van der Waals surface area contributed by atoms with Crippen LogP contribution in [0.3, 0.4) is 0 Å². The molecule has 0 aliphatic heterocycles. The zero-order chi connectivity index (χ0) is 10.8. The van der Waals surface area contributed by atoms with Crippen LogP contribution >= 0.6 is 24.0 Å². The number of aliphatic hydroxyl groups excluding tert-OH is 1. The van der Waals surface area contributed by atoms with Gasteiger partial charge in [0.15, 0.2) is 0 Å². The Bertz CT molecular complexity index is 305. The molecular weight excluding hydrogens is 247 g/mol. The van der Waals surface area contributed by atoms with Crippen molar-refractivity contribution in [1.82, 2.24) is 0 Å². The Morgan fingerprint density at radius 2 is 1.80 bits per heavy atom. The number of nitrogens with two attached hydrogens (primary N) is 1. The molecule has 1 atom stereocenters. The predicted octanol–water partition coefficient (Wildman–Crippen LogP) is 2.39. The second kappa shape index (κ2) is 5.61. The highest BCUT2D eigenvalue weighted by molar-refractivity contribution is 6.30. The minimum absolute atomic E-state index is 0. The molecule has 0 saturated heterocycles. The van der Waals surface area contributed by atoms with Gasteiger partial charge in [-0.1, -0.05) is 23.7 Å². The van der Waals surface area contributed by atoms with Gasteiger partial charge in [-0.25, -0.2) is 8.78 Å². The van der Waals surface area contributed by atoms with Crippen molar-refractivity contribution < 1.29 is 13.9 Å². The van der Waals surface area contributed by atoms with Crippen molar-refractivity contribution in [2.75, 3.05) is 6.54 Å². The van der Waals surface area contributed by atoms with Crippen molar-refractivity contribution in [3.8, 4) is 0 Å². The number of hydrogen-bond acceptors (Lipinski definition) is 2. The third kappa shape index (κ3) is 3.57. The summed E-state index contributed by atoms with van der Waals surface area (Å²) in [4.78, 5) is 0. The van der Waals surface area contributed by atoms with E-state index in [4.69, 9.17) is 17.3 Å². The molecule has 3 N–H and O–H groups in total. The maximum Gasteiger partial charge on any atom is 0.289 e. The van der Waals surface area contributed by atoms with E-state index in [0.717, 1.165) is 0 Å². The molecule has 0 saturated carbocycles. The van der Waals surface area contributed by atoms with Gasteiger partial charge in [-0.2, -0.15) is 0 Å². The normalized spacial score (nSPS) is 13.1. The Labute approximate surface area is 97.4 Å². The van der Waals surface area contributed by atoms with Gasteiger partial charge in [-0.15, -0.1) is 12.4 Å². The molecule has 0 aromatic heterocycles. The number of halogens is 4. The standard InChI is InChI=1S/C9H10ClF2NO.ClH/c10-7-3-1-6(2-4-7)8(14)9(11,12)5-13;/h1-4,8,14H,5,13H2;1H. The van der Waals surface area contributed by atoms with Crippen LogP contribution in [0.2, 0.25) is 5.02 Å². The highest BCUT2D eigenvalue weighted by atomic mass is 35.5. The minimum atomic E-state index is -3.31. The van der Waals surface area contributed by atoms with Crippen molar-refractivity contribution in [1.29, 1.82) is 0 Å². The summed E-state index contributed by atoms with van der Waals surface area (Å²) in [5.74, 6) is -3.31. The maximum absolute atomic E-state index is 12.9. The largest absolute Gasteiger partial charge is 0.382 e. The quantitative estimate of drug-likeness (QED) is 0.874. The van der Waals surface area contributed by atoms with Gasteiger partial charge < -0.3 is 10.8 Å². The van der Waals surface area contributed by atoms with E-state index in [9.17, 15) is 13.9 Å². The number of hydrogen-bond donors (Lipinski definition) is 2. The van der Waals surface area contributed by atoms with Gasteiger partial charge in [-0.3, -0.25) is 0 Å². The van der Waals surface area contributed by atoms with E-state index in [1.54, 1.807) is 0 Å². The van der Waals surface area contributed by atoms with Crippen LogP contribution < -0.4 is 5.73 Å². The highest BCUT2D eigenvalue weighted by Crippen LogP contribution is 2.30. The average molecular weight is 258 g/mol. The molecule has 0 bridgehead atoms. The molecule has 0 radical (unpaired) electrons. The Kier molecular flexibility index (Phi) is 5.45. The molecule has 0 aliphatic rings. The average Bonchev–Trinajstić information content (AvgIpc) is 2.18. The van der Waals surface area contributed by atoms with Gasteiger partial charge in [0, 0.05) is 5.02 Å². The molecule has 2 nitrogen and oxygen atoms in total. The van der Waals surface area contributed by atoms with Gasteiger partial charge in [0.25, 0.3) is 5.92 Å². The molecule has 1 unspecified atom stereocenters. The molecular formula is C9H11Cl2F2NO. The summed E-state index contributed by atoms with van der Waals surface area (Å²) in [5, 5.41) is 9.69. The zero-order valence-corrected chi connectivity index (χ0v) is 9.23. The molecule has 0 aliphatic carbocycles. The molecule has 0 amide bonds. The fourth-order valence-electron chi connectivity index (χ4n) is 1.00. The second-order valence-corrected chi connectivity index (χ2v) is 3.36. The van der Waals surface area contributed by atoms with Crippen LogP contribution in [0.4, 0.5) is 8.78 Å². The van der Waals surface area contributed by atoms with Crippen molar-refractivity contribution >= 4 is 24.0 Å². The lowest BCUT2D eigenvalue weighted by Gasteiger charge is -2.20. The maximum atomic E-state index is 12.9. The van der Waals surface area contributed by atoms with E-state index in [1.807, 2.05) is 0 Å². The minimum Gasteiger partial charge on any atom is -0.382 e. The summed E-state index contributed by atoms with van der Waals surface area (Å²) in [6, 6.07) is 5.56. The molecule has 0 heterocycles. The molecule has 15 heavy (non-hydrogen) atoms. The van der Waals surface area contributed by atoms with Crippen LogP contribution in [0.25, 0.3) is 0 Å². The van der Waals surface area contributed by atoms with Crippen LogP contribution in [-0.4, -0.2) is 17.6 Å². The summed E-state index contributed by atoms with van der Waals surface area (Å²) in [5.41, 5.74) is 4.94. The van der Waals surface area contributed by atoms with Crippen molar-refractivity contribution in [3.05, 3.63) is 34.9 Å². The molecule has 1 aromatic carbocycles. The molecule has 0 fully saturated rings. The fourth-order valence-corrected chi connectivity index (χ4v) is 1.13. The Morgan fingerprint density at radius 3 is 2.20 bits per heavy atom. The van der Waals surface area contributed by atoms with Crippen LogP contribution in [0.15, 0.2) is 24.3 Å². The van der Waals surface area contributed by atoms with Crippen LogP contribution in [0.1, 0.15) is 11.7 Å². The Hall–Kier alpha value is -0.420. The second-order valence-electron chi connectivity index (χ2n) is 2.92. The van der Waals surface area contributed by atoms with Gasteiger partial charge in [-0.05, 0) is 17.7 Å². The topological polar surface area (TPSA) is 46.2 Å². The highest BCUT2D eigenvalue weighted by Gasteiger charge is 2.37. The Morgan fingerprint density at radius 1 is 1.33 bits per heavy atom. The molecule has 6 heteroatoms. The third-order valence-electron chi connectivity index (χ3n) is 1.86. The van der Waals surface area contributed by atoms with Crippen LogP contribution in [-0.2, 0) is 0 Å². The predicted molar refractivity (Wildman–Crippen MR) is 57.7 cm³/mol. The summed E-state index contributed by atoms with van der Waals surface area (Å²) in [6.45, 7) is -0.892. The summed E-state index contributed by atoms with van der Waals surface area (Å²) in [6.07, 6.45) is -1.88. The monoisotopic (exact) mass is 257 g/mol. The van der Waals surface area contributed by atoms with E-state index < -0.39 is 18.6 Å². The number of alkyl halides is 2. The van der Waals surface area contributed by atoms with Gasteiger partial charge >= 0.3 is 0 Å². The lowest BCUT2D eigenvalue weighted by Crippen LogP contribution is -2.34. The fraction of sp³-hybridized carbons (Fsp3) is 0.333. The molecule has 1 aromatic rings. The van der Waals surface area contributed by atoms with Crippen molar-refractivity contribution in [2.45, 2.75) is 12.0 Å². The molecule has 86 valence electrons. The summed E-state index contributed by atoms with van der Waals surface area (Å²) < 4.78 is 25.8. The first-order chi connectivity index (χ1) is 6.47. The van der Waals surface area contributed by atoms with Crippen LogP contribution in [0, 0.1) is 0 Å². The van der Waals surface area contributed by atoms with E-state index in [1.165, 1.54) is 24.3 Å². The van der Waals surface area contributed by atoms with Crippen LogP contribution in [0.5, 0.6) is 0 Å². The SMILES string of the molecule is Cl.NCC(F)(F)C(O)c1ccc(Cl)cc1. The first-order valence-electron chi connectivity index (χ1n) is 3.99. The van der Waals surface area contributed by atoms with E-state index in [-0.39, 0.29) is 18.0 Å².